The fourth-order valence-electron chi connectivity index (χ4n) is 3.01. The Hall–Kier alpha value is -2.83. The largest absolute Gasteiger partial charge is 0.495 e. The molecule has 7 heteroatoms. The van der Waals surface area contributed by atoms with Gasteiger partial charge in [-0.05, 0) is 26.0 Å². The summed E-state index contributed by atoms with van der Waals surface area (Å²) < 4.78 is 5.43. The van der Waals surface area contributed by atoms with Crippen LogP contribution in [0.2, 0.25) is 0 Å². The van der Waals surface area contributed by atoms with Gasteiger partial charge in [0.1, 0.15) is 17.3 Å². The number of para-hydroxylation sites is 2. The van der Waals surface area contributed by atoms with E-state index in [2.05, 4.69) is 20.2 Å². The Morgan fingerprint density at radius 1 is 1.12 bits per heavy atom. The molecule has 0 bridgehead atoms. The van der Waals surface area contributed by atoms with Crippen molar-refractivity contribution in [1.29, 1.82) is 0 Å². The normalized spacial score (nSPS) is 14.5. The quantitative estimate of drug-likeness (QED) is 0.887. The molecular weight excluding hydrogens is 330 g/mol. The maximum atomic E-state index is 12.7. The van der Waals surface area contributed by atoms with Crippen molar-refractivity contribution in [3.8, 4) is 5.75 Å². The molecule has 0 unspecified atom stereocenters. The summed E-state index contributed by atoms with van der Waals surface area (Å²) in [6.07, 6.45) is 3.15. The first kappa shape index (κ1) is 18.0. The van der Waals surface area contributed by atoms with Crippen LogP contribution in [0.5, 0.6) is 5.75 Å². The number of methoxy groups -OCH3 is 1. The van der Waals surface area contributed by atoms with Crippen molar-refractivity contribution in [1.82, 2.24) is 14.9 Å². The van der Waals surface area contributed by atoms with E-state index in [4.69, 9.17) is 4.74 Å². The zero-order valence-corrected chi connectivity index (χ0v) is 15.5. The summed E-state index contributed by atoms with van der Waals surface area (Å²) >= 11 is 0. The van der Waals surface area contributed by atoms with E-state index in [9.17, 15) is 4.79 Å². The molecule has 7 nitrogen and oxygen atoms in total. The SMILES string of the molecule is COc1ccccc1N1CCN(C(=O)c2cnc(NC(C)C)cn2)CC1. The molecule has 1 aromatic heterocycles. The topological polar surface area (TPSA) is 70.6 Å². The second-order valence-corrected chi connectivity index (χ2v) is 6.54. The van der Waals surface area contributed by atoms with E-state index < -0.39 is 0 Å². The number of anilines is 2. The Morgan fingerprint density at radius 2 is 1.85 bits per heavy atom. The zero-order valence-electron chi connectivity index (χ0n) is 15.5. The second-order valence-electron chi connectivity index (χ2n) is 6.54. The van der Waals surface area contributed by atoms with Crippen LogP contribution in [-0.4, -0.2) is 60.1 Å². The van der Waals surface area contributed by atoms with E-state index >= 15 is 0 Å². The molecule has 138 valence electrons. The summed E-state index contributed by atoms with van der Waals surface area (Å²) in [7, 11) is 1.68. The van der Waals surface area contributed by atoms with Crippen LogP contribution in [0.1, 0.15) is 24.3 Å². The summed E-state index contributed by atoms with van der Waals surface area (Å²) in [6, 6.07) is 8.22. The molecule has 1 saturated heterocycles. The first-order valence-electron chi connectivity index (χ1n) is 8.84. The minimum atomic E-state index is -0.0757. The Bertz CT molecular complexity index is 740. The molecule has 0 atom stereocenters. The Kier molecular flexibility index (Phi) is 5.55. The highest BCUT2D eigenvalue weighted by Gasteiger charge is 2.24. The molecule has 2 heterocycles. The molecule has 1 amide bonds. The predicted molar refractivity (Wildman–Crippen MR) is 102 cm³/mol. The zero-order chi connectivity index (χ0) is 18.5. The molecule has 1 aromatic carbocycles. The molecule has 3 rings (SSSR count). The molecule has 0 aliphatic carbocycles. The number of hydrogen-bond acceptors (Lipinski definition) is 6. The molecule has 1 aliphatic heterocycles. The number of carbonyl (C=O) groups excluding carboxylic acids is 1. The number of amides is 1. The van der Waals surface area contributed by atoms with Crippen molar-refractivity contribution in [2.45, 2.75) is 19.9 Å². The fourth-order valence-corrected chi connectivity index (χ4v) is 3.01. The fraction of sp³-hybridized carbons (Fsp3) is 0.421. The summed E-state index contributed by atoms with van der Waals surface area (Å²) in [5.41, 5.74) is 1.44. The van der Waals surface area contributed by atoms with E-state index in [1.165, 1.54) is 0 Å². The molecule has 0 radical (unpaired) electrons. The summed E-state index contributed by atoms with van der Waals surface area (Å²) in [5, 5.41) is 3.17. The van der Waals surface area contributed by atoms with Gasteiger partial charge in [0.2, 0.25) is 0 Å². The molecule has 1 N–H and O–H groups in total. The minimum Gasteiger partial charge on any atom is -0.495 e. The number of ether oxygens (including phenoxy) is 1. The van der Waals surface area contributed by atoms with Gasteiger partial charge in [0, 0.05) is 32.2 Å². The summed E-state index contributed by atoms with van der Waals surface area (Å²) in [4.78, 5) is 25.3. The number of aromatic nitrogens is 2. The Labute approximate surface area is 154 Å². The Morgan fingerprint density at radius 3 is 2.46 bits per heavy atom. The lowest BCUT2D eigenvalue weighted by Gasteiger charge is -2.36. The van der Waals surface area contributed by atoms with E-state index in [1.54, 1.807) is 19.5 Å². The van der Waals surface area contributed by atoms with Gasteiger partial charge in [-0.2, -0.15) is 0 Å². The third kappa shape index (κ3) is 4.04. The number of nitrogens with zero attached hydrogens (tertiary/aromatic N) is 4. The van der Waals surface area contributed by atoms with Crippen LogP contribution in [0, 0.1) is 0 Å². The van der Waals surface area contributed by atoms with E-state index in [1.807, 2.05) is 43.0 Å². The standard InChI is InChI=1S/C19H25N5O2/c1-14(2)22-18-13-20-15(12-21-18)19(25)24-10-8-23(9-11-24)16-6-4-5-7-17(16)26-3/h4-7,12-14H,8-11H2,1-3H3,(H,21,22). The minimum absolute atomic E-state index is 0.0757. The summed E-state index contributed by atoms with van der Waals surface area (Å²) in [5.74, 6) is 1.46. The van der Waals surface area contributed by atoms with Crippen molar-refractivity contribution in [2.75, 3.05) is 43.5 Å². The lowest BCUT2D eigenvalue weighted by Crippen LogP contribution is -2.49. The third-order valence-electron chi connectivity index (χ3n) is 4.30. The lowest BCUT2D eigenvalue weighted by atomic mass is 10.2. The van der Waals surface area contributed by atoms with Gasteiger partial charge in [0.25, 0.3) is 5.91 Å². The highest BCUT2D eigenvalue weighted by atomic mass is 16.5. The van der Waals surface area contributed by atoms with Crippen molar-refractivity contribution in [3.63, 3.8) is 0 Å². The van der Waals surface area contributed by atoms with Crippen LogP contribution < -0.4 is 15.0 Å². The molecule has 1 fully saturated rings. The van der Waals surface area contributed by atoms with Gasteiger partial charge in [0.05, 0.1) is 25.2 Å². The van der Waals surface area contributed by atoms with Crippen molar-refractivity contribution in [3.05, 3.63) is 42.4 Å². The highest BCUT2D eigenvalue weighted by molar-refractivity contribution is 5.92. The molecule has 1 aliphatic rings. The second kappa shape index (κ2) is 8.03. The molecule has 2 aromatic rings. The van der Waals surface area contributed by atoms with Crippen molar-refractivity contribution >= 4 is 17.4 Å². The van der Waals surface area contributed by atoms with Gasteiger partial charge in [-0.25, -0.2) is 9.97 Å². The van der Waals surface area contributed by atoms with Gasteiger partial charge < -0.3 is 19.9 Å². The highest BCUT2D eigenvalue weighted by Crippen LogP contribution is 2.28. The van der Waals surface area contributed by atoms with Crippen LogP contribution in [-0.2, 0) is 0 Å². The molecular formula is C19H25N5O2. The average Bonchev–Trinajstić information content (AvgIpc) is 2.67. The number of carbonyl (C=O) groups is 1. The average molecular weight is 355 g/mol. The summed E-state index contributed by atoms with van der Waals surface area (Å²) in [6.45, 7) is 6.86. The van der Waals surface area contributed by atoms with E-state index in [-0.39, 0.29) is 11.9 Å². The van der Waals surface area contributed by atoms with Crippen molar-refractivity contribution in [2.24, 2.45) is 0 Å². The van der Waals surface area contributed by atoms with Gasteiger partial charge in [-0.1, -0.05) is 12.1 Å². The maximum Gasteiger partial charge on any atom is 0.274 e. The predicted octanol–water partition coefficient (Wildman–Crippen LogP) is 2.27. The van der Waals surface area contributed by atoms with Crippen LogP contribution in [0.3, 0.4) is 0 Å². The van der Waals surface area contributed by atoms with Crippen LogP contribution in [0.4, 0.5) is 11.5 Å². The van der Waals surface area contributed by atoms with E-state index in [0.717, 1.165) is 24.5 Å². The molecule has 26 heavy (non-hydrogen) atoms. The Balaban J connectivity index is 1.61. The van der Waals surface area contributed by atoms with Crippen LogP contribution in [0.25, 0.3) is 0 Å². The number of benzene rings is 1. The van der Waals surface area contributed by atoms with Gasteiger partial charge in [-0.3, -0.25) is 4.79 Å². The smallest absolute Gasteiger partial charge is 0.274 e. The van der Waals surface area contributed by atoms with Crippen molar-refractivity contribution < 1.29 is 9.53 Å². The number of rotatable bonds is 5. The number of piperazine rings is 1. The van der Waals surface area contributed by atoms with Crippen LogP contribution in [0.15, 0.2) is 36.7 Å². The number of nitrogens with one attached hydrogen (secondary N) is 1. The van der Waals surface area contributed by atoms with Crippen LogP contribution >= 0.6 is 0 Å². The van der Waals surface area contributed by atoms with Gasteiger partial charge in [0.15, 0.2) is 0 Å². The lowest BCUT2D eigenvalue weighted by molar-refractivity contribution is 0.0740. The van der Waals surface area contributed by atoms with E-state index in [0.29, 0.717) is 24.6 Å². The first-order chi connectivity index (χ1) is 12.6. The van der Waals surface area contributed by atoms with Gasteiger partial charge in [-0.15, -0.1) is 0 Å². The molecule has 0 saturated carbocycles. The van der Waals surface area contributed by atoms with Gasteiger partial charge >= 0.3 is 0 Å². The molecule has 0 spiro atoms. The maximum absolute atomic E-state index is 12.7. The monoisotopic (exact) mass is 355 g/mol. The number of hydrogen-bond donors (Lipinski definition) is 1. The first-order valence-corrected chi connectivity index (χ1v) is 8.84. The third-order valence-corrected chi connectivity index (χ3v) is 4.30.